The first-order valence-electron chi connectivity index (χ1n) is 7.39. The molecule has 0 amide bonds. The lowest BCUT2D eigenvalue weighted by Gasteiger charge is -2.38. The number of rotatable bonds is 3. The van der Waals surface area contributed by atoms with Gasteiger partial charge in [-0.25, -0.2) is 0 Å². The molecule has 0 aliphatic carbocycles. The normalized spacial score (nSPS) is 20.3. The van der Waals surface area contributed by atoms with Crippen LogP contribution in [0.15, 0.2) is 24.3 Å². The molecule has 4 heteroatoms. The molecule has 1 heterocycles. The lowest BCUT2D eigenvalue weighted by atomic mass is 9.90. The van der Waals surface area contributed by atoms with Gasteiger partial charge >= 0.3 is 5.97 Å². The Morgan fingerprint density at radius 3 is 2.71 bits per heavy atom. The monoisotopic (exact) mass is 291 g/mol. The van der Waals surface area contributed by atoms with Crippen molar-refractivity contribution in [1.29, 1.82) is 0 Å². The van der Waals surface area contributed by atoms with Crippen LogP contribution in [0.1, 0.15) is 52.6 Å². The van der Waals surface area contributed by atoms with Crippen molar-refractivity contribution in [2.45, 2.75) is 58.3 Å². The molecule has 0 saturated carbocycles. The maximum atomic E-state index is 11.9. The lowest BCUT2D eigenvalue weighted by Crippen LogP contribution is -2.41. The Balaban J connectivity index is 2.05. The highest BCUT2D eigenvalue weighted by molar-refractivity contribution is 5.72. The summed E-state index contributed by atoms with van der Waals surface area (Å²) < 4.78 is 11.3. The Bertz CT molecular complexity index is 517. The first-order chi connectivity index (χ1) is 9.66. The molecule has 1 aromatic carbocycles. The minimum atomic E-state index is -0.453. The number of ether oxygens (including phenoxy) is 2. The van der Waals surface area contributed by atoms with Crippen LogP contribution in [0.25, 0.3) is 0 Å². The Hall–Kier alpha value is -1.55. The molecule has 1 atom stereocenters. The number of carbonyl (C=O) groups excluding carboxylic acids is 1. The molecule has 0 radical (unpaired) electrons. The molecule has 21 heavy (non-hydrogen) atoms. The Morgan fingerprint density at radius 2 is 2.05 bits per heavy atom. The minimum Gasteiger partial charge on any atom is -0.487 e. The second kappa shape index (κ2) is 5.68. The number of fused-ring (bicyclic) bond motifs is 1. The Kier molecular flexibility index (Phi) is 4.28. The molecule has 0 spiro atoms. The van der Waals surface area contributed by atoms with E-state index in [9.17, 15) is 4.79 Å². The largest absolute Gasteiger partial charge is 0.487 e. The van der Waals surface area contributed by atoms with Gasteiger partial charge in [-0.2, -0.15) is 0 Å². The molecular weight excluding hydrogens is 266 g/mol. The van der Waals surface area contributed by atoms with E-state index < -0.39 is 5.60 Å². The average molecular weight is 291 g/mol. The van der Waals surface area contributed by atoms with Crippen LogP contribution >= 0.6 is 0 Å². The van der Waals surface area contributed by atoms with Crippen LogP contribution in [0.2, 0.25) is 0 Å². The fourth-order valence-corrected chi connectivity index (χ4v) is 2.57. The molecule has 0 saturated heterocycles. The molecule has 1 aliphatic rings. The number of benzene rings is 1. The van der Waals surface area contributed by atoms with E-state index in [1.807, 2.05) is 45.0 Å². The summed E-state index contributed by atoms with van der Waals surface area (Å²) in [5.74, 6) is 0.653. The Morgan fingerprint density at radius 1 is 1.38 bits per heavy atom. The van der Waals surface area contributed by atoms with E-state index in [0.29, 0.717) is 0 Å². The van der Waals surface area contributed by atoms with Gasteiger partial charge in [-0.3, -0.25) is 10.1 Å². The molecule has 4 nitrogen and oxygen atoms in total. The maximum Gasteiger partial charge on any atom is 0.320 e. The van der Waals surface area contributed by atoms with Crippen molar-refractivity contribution in [2.75, 3.05) is 6.54 Å². The van der Waals surface area contributed by atoms with E-state index >= 15 is 0 Å². The van der Waals surface area contributed by atoms with Crippen LogP contribution < -0.4 is 10.1 Å². The van der Waals surface area contributed by atoms with E-state index in [1.54, 1.807) is 0 Å². The molecular formula is C17H25NO3. The van der Waals surface area contributed by atoms with Gasteiger partial charge in [0.2, 0.25) is 0 Å². The zero-order valence-corrected chi connectivity index (χ0v) is 13.5. The van der Waals surface area contributed by atoms with Gasteiger partial charge in [-0.1, -0.05) is 18.2 Å². The highest BCUT2D eigenvalue weighted by Gasteiger charge is 2.33. The molecule has 2 rings (SSSR count). The zero-order valence-electron chi connectivity index (χ0n) is 13.5. The van der Waals surface area contributed by atoms with Crippen LogP contribution in [0.3, 0.4) is 0 Å². The van der Waals surface area contributed by atoms with Gasteiger partial charge < -0.3 is 9.47 Å². The molecule has 116 valence electrons. The zero-order chi connectivity index (χ0) is 15.7. The van der Waals surface area contributed by atoms with Gasteiger partial charge in [0.25, 0.3) is 0 Å². The van der Waals surface area contributed by atoms with Crippen molar-refractivity contribution in [2.24, 2.45) is 0 Å². The van der Waals surface area contributed by atoms with Crippen molar-refractivity contribution in [3.8, 4) is 5.75 Å². The number of esters is 1. The van der Waals surface area contributed by atoms with Crippen LogP contribution in [0, 0.1) is 0 Å². The van der Waals surface area contributed by atoms with E-state index in [2.05, 4.69) is 19.2 Å². The topological polar surface area (TPSA) is 47.6 Å². The molecule has 1 aromatic rings. The molecule has 0 fully saturated rings. The van der Waals surface area contributed by atoms with Crippen molar-refractivity contribution in [3.05, 3.63) is 29.8 Å². The fourth-order valence-electron chi connectivity index (χ4n) is 2.57. The molecule has 0 aromatic heterocycles. The predicted octanol–water partition coefficient (Wildman–Crippen LogP) is 3.22. The van der Waals surface area contributed by atoms with E-state index in [-0.39, 0.29) is 24.2 Å². The standard InChI is InChI=1S/C17H25NO3/c1-16(2,3)21-15(19)11-18-13-10-17(4,5)20-14-9-7-6-8-12(13)14/h6-9,13,18H,10-11H2,1-5H3. The van der Waals surface area contributed by atoms with Crippen molar-refractivity contribution in [1.82, 2.24) is 5.32 Å². The smallest absolute Gasteiger partial charge is 0.320 e. The maximum absolute atomic E-state index is 11.9. The average Bonchev–Trinajstić information content (AvgIpc) is 2.32. The number of hydrogen-bond acceptors (Lipinski definition) is 4. The summed E-state index contributed by atoms with van der Waals surface area (Å²) in [6.07, 6.45) is 0.812. The Labute approximate surface area is 126 Å². The van der Waals surface area contributed by atoms with Gasteiger partial charge in [0.05, 0.1) is 6.54 Å². The highest BCUT2D eigenvalue weighted by Crippen LogP contribution is 2.39. The number of carbonyl (C=O) groups is 1. The van der Waals surface area contributed by atoms with Gasteiger partial charge in [-0.05, 0) is 40.7 Å². The summed E-state index contributed by atoms with van der Waals surface area (Å²) in [6.45, 7) is 9.94. The second-order valence-electron chi connectivity index (χ2n) is 7.12. The first-order valence-corrected chi connectivity index (χ1v) is 7.39. The number of para-hydroxylation sites is 1. The number of nitrogens with one attached hydrogen (secondary N) is 1. The summed E-state index contributed by atoms with van der Waals surface area (Å²) >= 11 is 0. The molecule has 1 unspecified atom stereocenters. The van der Waals surface area contributed by atoms with Gasteiger partial charge in [-0.15, -0.1) is 0 Å². The van der Waals surface area contributed by atoms with Crippen LogP contribution in [-0.2, 0) is 9.53 Å². The van der Waals surface area contributed by atoms with Crippen molar-refractivity contribution < 1.29 is 14.3 Å². The number of hydrogen-bond donors (Lipinski definition) is 1. The fraction of sp³-hybridized carbons (Fsp3) is 0.588. The van der Waals surface area contributed by atoms with E-state index in [1.165, 1.54) is 0 Å². The summed E-state index contributed by atoms with van der Waals surface area (Å²) in [5, 5.41) is 3.30. The molecule has 0 bridgehead atoms. The first kappa shape index (κ1) is 15.8. The van der Waals surface area contributed by atoms with Gasteiger partial charge in [0.15, 0.2) is 0 Å². The van der Waals surface area contributed by atoms with Crippen LogP contribution in [-0.4, -0.2) is 23.7 Å². The van der Waals surface area contributed by atoms with Crippen LogP contribution in [0.4, 0.5) is 0 Å². The molecule has 1 aliphatic heterocycles. The van der Waals surface area contributed by atoms with Gasteiger partial charge in [0.1, 0.15) is 17.0 Å². The predicted molar refractivity (Wildman–Crippen MR) is 82.4 cm³/mol. The summed E-state index contributed by atoms with van der Waals surface area (Å²) in [7, 11) is 0. The minimum absolute atomic E-state index is 0.0949. The quantitative estimate of drug-likeness (QED) is 0.869. The van der Waals surface area contributed by atoms with Crippen molar-refractivity contribution in [3.63, 3.8) is 0 Å². The highest BCUT2D eigenvalue weighted by atomic mass is 16.6. The lowest BCUT2D eigenvalue weighted by molar-refractivity contribution is -0.153. The second-order valence-corrected chi connectivity index (χ2v) is 7.12. The third-order valence-electron chi connectivity index (χ3n) is 3.29. The molecule has 1 N–H and O–H groups in total. The third-order valence-corrected chi connectivity index (χ3v) is 3.29. The van der Waals surface area contributed by atoms with Gasteiger partial charge in [0, 0.05) is 18.0 Å². The van der Waals surface area contributed by atoms with E-state index in [0.717, 1.165) is 17.7 Å². The van der Waals surface area contributed by atoms with E-state index in [4.69, 9.17) is 9.47 Å². The summed E-state index contributed by atoms with van der Waals surface area (Å²) in [5.41, 5.74) is 0.395. The summed E-state index contributed by atoms with van der Waals surface area (Å²) in [6, 6.07) is 8.06. The third kappa shape index (κ3) is 4.46. The van der Waals surface area contributed by atoms with Crippen LogP contribution in [0.5, 0.6) is 5.75 Å². The summed E-state index contributed by atoms with van der Waals surface area (Å²) in [4.78, 5) is 11.9. The van der Waals surface area contributed by atoms with Crippen molar-refractivity contribution >= 4 is 5.97 Å². The SMILES string of the molecule is CC(C)(C)OC(=O)CNC1CC(C)(C)Oc2ccccc21.